The number of fused-ring (bicyclic) bond motifs is 7. The van der Waals surface area contributed by atoms with E-state index in [-0.39, 0.29) is 10.8 Å². The van der Waals surface area contributed by atoms with Crippen molar-refractivity contribution in [1.29, 1.82) is 0 Å². The highest BCUT2D eigenvalue weighted by atomic mass is 16.3. The summed E-state index contributed by atoms with van der Waals surface area (Å²) in [5.41, 5.74) is 2.23. The van der Waals surface area contributed by atoms with Gasteiger partial charge in [-0.3, -0.25) is 0 Å². The Labute approximate surface area is 209 Å². The van der Waals surface area contributed by atoms with Crippen molar-refractivity contribution in [1.82, 2.24) is 0 Å². The lowest BCUT2D eigenvalue weighted by molar-refractivity contribution is -0.246. The van der Waals surface area contributed by atoms with Crippen LogP contribution in [0.4, 0.5) is 0 Å². The van der Waals surface area contributed by atoms with Gasteiger partial charge in [0.05, 0.1) is 5.76 Å². The van der Waals surface area contributed by atoms with Gasteiger partial charge in [0.15, 0.2) is 0 Å². The number of hydrogen-bond acceptors (Lipinski definition) is 2. The van der Waals surface area contributed by atoms with Crippen LogP contribution in [0.5, 0.6) is 0 Å². The lowest BCUT2D eigenvalue weighted by atomic mass is 9.32. The molecule has 34 heavy (non-hydrogen) atoms. The average Bonchev–Trinajstić information content (AvgIpc) is 3.18. The third-order valence-electron chi connectivity index (χ3n) is 14.3. The molecular formula is C32H52O2. The van der Waals surface area contributed by atoms with Gasteiger partial charge in [0.2, 0.25) is 0 Å². The number of hydrogen-bond donors (Lipinski definition) is 2. The van der Waals surface area contributed by atoms with Crippen LogP contribution in [-0.2, 0) is 0 Å². The van der Waals surface area contributed by atoms with E-state index in [9.17, 15) is 10.2 Å². The third-order valence-corrected chi connectivity index (χ3v) is 14.3. The molecule has 0 bridgehead atoms. The van der Waals surface area contributed by atoms with Gasteiger partial charge >= 0.3 is 0 Å². The van der Waals surface area contributed by atoms with Crippen molar-refractivity contribution in [2.75, 3.05) is 6.61 Å². The molecule has 0 spiro atoms. The van der Waals surface area contributed by atoms with Crippen molar-refractivity contribution in [3.05, 3.63) is 24.5 Å². The molecule has 0 aromatic rings. The van der Waals surface area contributed by atoms with Gasteiger partial charge in [0.25, 0.3) is 0 Å². The third kappa shape index (κ3) is 2.79. The maximum atomic E-state index is 11.0. The molecule has 4 unspecified atom stereocenters. The van der Waals surface area contributed by atoms with E-state index in [1.165, 1.54) is 56.9 Å². The van der Waals surface area contributed by atoms with Gasteiger partial charge < -0.3 is 10.2 Å². The van der Waals surface area contributed by atoms with E-state index in [0.717, 1.165) is 18.8 Å². The van der Waals surface area contributed by atoms with E-state index < -0.39 is 0 Å². The van der Waals surface area contributed by atoms with Crippen LogP contribution in [0.25, 0.3) is 0 Å². The highest BCUT2D eigenvalue weighted by Crippen LogP contribution is 2.78. The van der Waals surface area contributed by atoms with Gasteiger partial charge in [-0.1, -0.05) is 53.3 Å². The summed E-state index contributed by atoms with van der Waals surface area (Å²) >= 11 is 0. The molecule has 5 fully saturated rings. The zero-order valence-electron chi connectivity index (χ0n) is 23.1. The number of aliphatic hydroxyl groups excluding tert-OH is 2. The Morgan fingerprint density at radius 1 is 0.824 bits per heavy atom. The fourth-order valence-electron chi connectivity index (χ4n) is 11.9. The number of aliphatic hydroxyl groups is 2. The molecule has 0 aliphatic heterocycles. The smallest absolute Gasteiger partial charge is 0.0915 e. The zero-order valence-corrected chi connectivity index (χ0v) is 23.1. The standard InChI is InChI=1S/C32H52O2/c1-20(2)23-12-16-32(22(4)34)18-17-30(7)24(27(23)32)9-10-26-28(5)14-11-21(3)29(6,19-33)25(28)13-15-31(26,30)8/h21,23-27,33-34H,1,4,9-19H2,2-3,5-8H3/t21-,23?,24?,25+,26?,27?,28-,29+,30+,31+,32+/m0/s1. The van der Waals surface area contributed by atoms with Crippen LogP contribution >= 0.6 is 0 Å². The molecule has 5 saturated carbocycles. The second-order valence-electron chi connectivity index (χ2n) is 14.9. The van der Waals surface area contributed by atoms with E-state index in [1.807, 2.05) is 0 Å². The number of rotatable bonds is 3. The van der Waals surface area contributed by atoms with Crippen molar-refractivity contribution in [3.63, 3.8) is 0 Å². The Hall–Kier alpha value is -0.760. The molecule has 2 N–H and O–H groups in total. The maximum absolute atomic E-state index is 11.0. The first-order chi connectivity index (χ1) is 15.8. The summed E-state index contributed by atoms with van der Waals surface area (Å²) < 4.78 is 0. The molecular weight excluding hydrogens is 416 g/mol. The highest BCUT2D eigenvalue weighted by molar-refractivity contribution is 5.25. The SMILES string of the molecule is C=C(C)C1CC[C@]2(C(=C)O)CC[C@]3(C)C(CCC4[C@@]5(C)CC[C@H](C)[C@@](C)(CO)[C@@H]5CC[C@]43C)C12. The van der Waals surface area contributed by atoms with E-state index in [2.05, 4.69) is 54.7 Å². The molecule has 11 atom stereocenters. The molecule has 0 amide bonds. The van der Waals surface area contributed by atoms with Gasteiger partial charge in [-0.25, -0.2) is 0 Å². The summed E-state index contributed by atoms with van der Waals surface area (Å²) in [6, 6.07) is 0. The zero-order chi connectivity index (χ0) is 24.9. The quantitative estimate of drug-likeness (QED) is 0.323. The second-order valence-corrected chi connectivity index (χ2v) is 14.9. The molecule has 0 aromatic carbocycles. The first-order valence-electron chi connectivity index (χ1n) is 14.5. The average molecular weight is 469 g/mol. The lowest BCUT2D eigenvalue weighted by Crippen LogP contribution is -2.66. The van der Waals surface area contributed by atoms with Crippen LogP contribution in [0.3, 0.4) is 0 Å². The molecule has 5 aliphatic carbocycles. The summed E-state index contributed by atoms with van der Waals surface area (Å²) in [7, 11) is 0. The van der Waals surface area contributed by atoms with Crippen LogP contribution in [0.1, 0.15) is 106 Å². The molecule has 5 rings (SSSR count). The van der Waals surface area contributed by atoms with Crippen LogP contribution in [0, 0.1) is 62.6 Å². The minimum absolute atomic E-state index is 0.0545. The second kappa shape index (κ2) is 7.62. The molecule has 0 aromatic heterocycles. The Balaban J connectivity index is 1.56. The van der Waals surface area contributed by atoms with Crippen LogP contribution < -0.4 is 0 Å². The van der Waals surface area contributed by atoms with Crippen molar-refractivity contribution < 1.29 is 10.2 Å². The fourth-order valence-corrected chi connectivity index (χ4v) is 11.9. The van der Waals surface area contributed by atoms with E-state index in [0.29, 0.717) is 58.2 Å². The summed E-state index contributed by atoms with van der Waals surface area (Å²) in [4.78, 5) is 0. The molecule has 0 saturated heterocycles. The minimum atomic E-state index is -0.0895. The molecule has 5 aliphatic rings. The van der Waals surface area contributed by atoms with E-state index >= 15 is 0 Å². The molecule has 2 heteroatoms. The van der Waals surface area contributed by atoms with Gasteiger partial charge in [-0.2, -0.15) is 0 Å². The molecule has 2 nitrogen and oxygen atoms in total. The lowest BCUT2D eigenvalue weighted by Gasteiger charge is -2.73. The molecule has 0 radical (unpaired) electrons. The highest BCUT2D eigenvalue weighted by Gasteiger charge is 2.71. The Morgan fingerprint density at radius 3 is 2.15 bits per heavy atom. The molecule has 192 valence electrons. The predicted molar refractivity (Wildman–Crippen MR) is 141 cm³/mol. The van der Waals surface area contributed by atoms with Gasteiger partial charge in [-0.15, -0.1) is 0 Å². The van der Waals surface area contributed by atoms with Crippen molar-refractivity contribution in [3.8, 4) is 0 Å². The summed E-state index contributed by atoms with van der Waals surface area (Å²) in [6.45, 7) is 23.9. The minimum Gasteiger partial charge on any atom is -0.512 e. The van der Waals surface area contributed by atoms with Crippen LogP contribution in [-0.4, -0.2) is 16.8 Å². The summed E-state index contributed by atoms with van der Waals surface area (Å²) in [5, 5.41) is 21.6. The monoisotopic (exact) mass is 468 g/mol. The van der Waals surface area contributed by atoms with Crippen molar-refractivity contribution in [2.24, 2.45) is 62.6 Å². The fraction of sp³-hybridized carbons (Fsp3) is 0.875. The first kappa shape index (κ1) is 24.9. The largest absolute Gasteiger partial charge is 0.512 e. The topological polar surface area (TPSA) is 40.5 Å². The van der Waals surface area contributed by atoms with Gasteiger partial charge in [0.1, 0.15) is 0 Å². The Bertz CT molecular complexity index is 876. The summed E-state index contributed by atoms with van der Waals surface area (Å²) in [6.07, 6.45) is 12.3. The van der Waals surface area contributed by atoms with Crippen LogP contribution in [0.15, 0.2) is 24.5 Å². The van der Waals surface area contributed by atoms with Crippen molar-refractivity contribution >= 4 is 0 Å². The molecule has 0 heterocycles. The normalized spacial score (nSPS) is 56.6. The first-order valence-corrected chi connectivity index (χ1v) is 14.5. The summed E-state index contributed by atoms with van der Waals surface area (Å²) in [5.74, 6) is 4.09. The maximum Gasteiger partial charge on any atom is 0.0915 e. The number of allylic oxidation sites excluding steroid dienone is 2. The van der Waals surface area contributed by atoms with E-state index in [4.69, 9.17) is 0 Å². The van der Waals surface area contributed by atoms with Gasteiger partial charge in [0, 0.05) is 12.0 Å². The predicted octanol–water partition coefficient (Wildman–Crippen LogP) is 8.32. The Kier molecular flexibility index (Phi) is 5.59. The van der Waals surface area contributed by atoms with E-state index in [1.54, 1.807) is 0 Å². The van der Waals surface area contributed by atoms with Crippen molar-refractivity contribution in [2.45, 2.75) is 106 Å². The van der Waals surface area contributed by atoms with Crippen LogP contribution in [0.2, 0.25) is 0 Å². The Morgan fingerprint density at radius 2 is 1.53 bits per heavy atom. The van der Waals surface area contributed by atoms with Gasteiger partial charge in [-0.05, 0) is 128 Å².